The van der Waals surface area contributed by atoms with Crippen LogP contribution in [0.2, 0.25) is 0 Å². The number of carbonyl (C=O) groups is 1. The van der Waals surface area contributed by atoms with Crippen molar-refractivity contribution < 1.29 is 14.3 Å². The molecule has 0 aliphatic carbocycles. The zero-order valence-electron chi connectivity index (χ0n) is 13.1. The van der Waals surface area contributed by atoms with Crippen LogP contribution in [0.15, 0.2) is 30.3 Å². The van der Waals surface area contributed by atoms with Gasteiger partial charge in [-0.15, -0.1) is 0 Å². The third kappa shape index (κ3) is 2.61. The molecule has 1 heterocycles. The second-order valence-corrected chi connectivity index (χ2v) is 5.52. The molecule has 0 fully saturated rings. The topological polar surface area (TPSA) is 38.8 Å². The van der Waals surface area contributed by atoms with Gasteiger partial charge in [-0.3, -0.25) is 4.79 Å². The van der Waals surface area contributed by atoms with Crippen LogP contribution in [0, 0.1) is 0 Å². The third-order valence-corrected chi connectivity index (χ3v) is 3.88. The Balaban J connectivity index is 2.04. The van der Waals surface area contributed by atoms with Gasteiger partial charge >= 0.3 is 0 Å². The average Bonchev–Trinajstić information content (AvgIpc) is 2.98. The van der Waals surface area contributed by atoms with Crippen molar-refractivity contribution in [3.05, 3.63) is 35.9 Å². The summed E-state index contributed by atoms with van der Waals surface area (Å²) in [5, 5.41) is 1.93. The van der Waals surface area contributed by atoms with Crippen molar-refractivity contribution in [1.82, 2.24) is 4.90 Å². The first kappa shape index (κ1) is 14.7. The highest BCUT2D eigenvalue weighted by molar-refractivity contribution is 6.07. The number of hydrogen-bond acceptors (Lipinski definition) is 3. The minimum absolute atomic E-state index is 0.0909. The number of benzene rings is 2. The van der Waals surface area contributed by atoms with Crippen LogP contribution in [0.1, 0.15) is 37.0 Å². The van der Waals surface area contributed by atoms with Gasteiger partial charge in [0.05, 0.1) is 0 Å². The molecule has 3 rings (SSSR count). The molecule has 4 heteroatoms. The lowest BCUT2D eigenvalue weighted by Gasteiger charge is -2.22. The van der Waals surface area contributed by atoms with Crippen LogP contribution in [0.5, 0.6) is 11.5 Å². The molecule has 0 N–H and O–H groups in total. The molecule has 0 atom stereocenters. The highest BCUT2D eigenvalue weighted by atomic mass is 16.7. The molecule has 0 bridgehead atoms. The van der Waals surface area contributed by atoms with Crippen molar-refractivity contribution in [3.8, 4) is 11.5 Å². The molecular weight excluding hydrogens is 278 g/mol. The van der Waals surface area contributed by atoms with Crippen LogP contribution >= 0.6 is 0 Å². The van der Waals surface area contributed by atoms with Crippen molar-refractivity contribution in [1.29, 1.82) is 0 Å². The number of amides is 1. The summed E-state index contributed by atoms with van der Waals surface area (Å²) in [4.78, 5) is 14.8. The molecule has 2 aromatic carbocycles. The molecule has 0 spiro atoms. The molecule has 4 nitrogen and oxygen atoms in total. The van der Waals surface area contributed by atoms with Gasteiger partial charge in [0.15, 0.2) is 11.5 Å². The Hall–Kier alpha value is -2.23. The molecular formula is C18H21NO3. The maximum atomic E-state index is 12.9. The molecule has 2 aromatic rings. The molecule has 0 saturated heterocycles. The first-order chi connectivity index (χ1) is 10.7. The predicted molar refractivity (Wildman–Crippen MR) is 86.6 cm³/mol. The molecule has 0 aromatic heterocycles. The van der Waals surface area contributed by atoms with Gasteiger partial charge < -0.3 is 14.4 Å². The molecule has 0 unspecified atom stereocenters. The van der Waals surface area contributed by atoms with E-state index in [0.29, 0.717) is 5.75 Å². The maximum absolute atomic E-state index is 12.9. The summed E-state index contributed by atoms with van der Waals surface area (Å²) in [5.41, 5.74) is 0.734. The number of ether oxygens (including phenoxy) is 2. The zero-order chi connectivity index (χ0) is 15.5. The second kappa shape index (κ2) is 6.26. The molecule has 22 heavy (non-hydrogen) atoms. The van der Waals surface area contributed by atoms with Crippen LogP contribution in [0.25, 0.3) is 10.8 Å². The summed E-state index contributed by atoms with van der Waals surface area (Å²) in [6.07, 6.45) is 1.92. The van der Waals surface area contributed by atoms with E-state index in [1.165, 1.54) is 0 Å². The lowest BCUT2D eigenvalue weighted by atomic mass is 10.0. The first-order valence-corrected chi connectivity index (χ1v) is 7.86. The summed E-state index contributed by atoms with van der Waals surface area (Å²) < 4.78 is 10.9. The van der Waals surface area contributed by atoms with Crippen LogP contribution in [-0.2, 0) is 0 Å². The fourth-order valence-corrected chi connectivity index (χ4v) is 2.88. The van der Waals surface area contributed by atoms with Gasteiger partial charge in [-0.1, -0.05) is 26.0 Å². The van der Waals surface area contributed by atoms with Gasteiger partial charge in [0.1, 0.15) is 0 Å². The van der Waals surface area contributed by atoms with Crippen molar-refractivity contribution in [3.63, 3.8) is 0 Å². The Morgan fingerprint density at radius 2 is 1.77 bits per heavy atom. The second-order valence-electron chi connectivity index (χ2n) is 5.52. The van der Waals surface area contributed by atoms with E-state index in [-0.39, 0.29) is 12.7 Å². The van der Waals surface area contributed by atoms with Gasteiger partial charge in [0, 0.05) is 18.7 Å². The van der Waals surface area contributed by atoms with E-state index in [1.54, 1.807) is 0 Å². The van der Waals surface area contributed by atoms with Crippen LogP contribution in [0.4, 0.5) is 0 Å². The maximum Gasteiger partial charge on any atom is 0.254 e. The van der Waals surface area contributed by atoms with E-state index < -0.39 is 0 Å². The third-order valence-electron chi connectivity index (χ3n) is 3.88. The first-order valence-electron chi connectivity index (χ1n) is 7.86. The minimum Gasteiger partial charge on any atom is -0.454 e. The number of carbonyl (C=O) groups excluding carboxylic acids is 1. The van der Waals surface area contributed by atoms with Gasteiger partial charge in [0.25, 0.3) is 5.91 Å². The van der Waals surface area contributed by atoms with E-state index in [4.69, 9.17) is 9.47 Å². The number of nitrogens with zero attached hydrogens (tertiary/aromatic N) is 1. The van der Waals surface area contributed by atoms with Crippen LogP contribution in [0.3, 0.4) is 0 Å². The fraction of sp³-hybridized carbons (Fsp3) is 0.389. The Kier molecular flexibility index (Phi) is 4.18. The average molecular weight is 299 g/mol. The lowest BCUT2D eigenvalue weighted by molar-refractivity contribution is 0.0757. The van der Waals surface area contributed by atoms with E-state index in [9.17, 15) is 4.79 Å². The van der Waals surface area contributed by atoms with E-state index in [2.05, 4.69) is 13.8 Å². The largest absolute Gasteiger partial charge is 0.454 e. The van der Waals surface area contributed by atoms with Gasteiger partial charge in [-0.25, -0.2) is 0 Å². The summed E-state index contributed by atoms with van der Waals surface area (Å²) >= 11 is 0. The summed E-state index contributed by atoms with van der Waals surface area (Å²) in [6.45, 7) is 6.00. The molecule has 1 aliphatic heterocycles. The Morgan fingerprint density at radius 1 is 1.09 bits per heavy atom. The summed E-state index contributed by atoms with van der Waals surface area (Å²) in [5.74, 6) is 1.55. The SMILES string of the molecule is CCCN(CCC)C(=O)c1cccc2cc3c(cc12)OCO3. The highest BCUT2D eigenvalue weighted by Crippen LogP contribution is 2.37. The Labute approximate surface area is 130 Å². The Morgan fingerprint density at radius 3 is 2.45 bits per heavy atom. The quantitative estimate of drug-likeness (QED) is 0.842. The van der Waals surface area contributed by atoms with Gasteiger partial charge in [0.2, 0.25) is 6.79 Å². The molecule has 1 aliphatic rings. The zero-order valence-corrected chi connectivity index (χ0v) is 13.1. The number of hydrogen-bond donors (Lipinski definition) is 0. The molecule has 116 valence electrons. The molecule has 0 saturated carbocycles. The van der Waals surface area contributed by atoms with Crippen LogP contribution in [-0.4, -0.2) is 30.7 Å². The summed E-state index contributed by atoms with van der Waals surface area (Å²) in [7, 11) is 0. The van der Waals surface area contributed by atoms with Crippen LogP contribution < -0.4 is 9.47 Å². The smallest absolute Gasteiger partial charge is 0.254 e. The van der Waals surface area contributed by atoms with Crippen molar-refractivity contribution in [2.75, 3.05) is 19.9 Å². The van der Waals surface area contributed by atoms with E-state index in [0.717, 1.165) is 48.0 Å². The van der Waals surface area contributed by atoms with Crippen molar-refractivity contribution in [2.24, 2.45) is 0 Å². The molecule has 1 amide bonds. The van der Waals surface area contributed by atoms with Crippen molar-refractivity contribution >= 4 is 16.7 Å². The predicted octanol–water partition coefficient (Wildman–Crippen LogP) is 3.83. The van der Waals surface area contributed by atoms with Crippen molar-refractivity contribution in [2.45, 2.75) is 26.7 Å². The van der Waals surface area contributed by atoms with E-state index in [1.807, 2.05) is 35.2 Å². The van der Waals surface area contributed by atoms with Gasteiger partial charge in [-0.05, 0) is 41.8 Å². The summed E-state index contributed by atoms with van der Waals surface area (Å²) in [6, 6.07) is 9.68. The highest BCUT2D eigenvalue weighted by Gasteiger charge is 2.20. The molecule has 0 radical (unpaired) electrons. The minimum atomic E-state index is 0.0909. The standard InChI is InChI=1S/C18H21NO3/c1-3-8-19(9-4-2)18(20)14-7-5-6-13-10-16-17(11-15(13)14)22-12-21-16/h5-7,10-11H,3-4,8-9,12H2,1-2H3. The van der Waals surface area contributed by atoms with E-state index >= 15 is 0 Å². The number of rotatable bonds is 5. The Bertz CT molecular complexity index is 690. The normalized spacial score (nSPS) is 12.6. The monoisotopic (exact) mass is 299 g/mol. The number of fused-ring (bicyclic) bond motifs is 2. The fourth-order valence-electron chi connectivity index (χ4n) is 2.88. The van der Waals surface area contributed by atoms with Gasteiger partial charge in [-0.2, -0.15) is 0 Å². The lowest BCUT2D eigenvalue weighted by Crippen LogP contribution is -2.32.